The van der Waals surface area contributed by atoms with Crippen molar-refractivity contribution in [3.8, 4) is 0 Å². The Bertz CT molecular complexity index is 574. The number of allylic oxidation sites excluding steroid dienone is 2. The summed E-state index contributed by atoms with van der Waals surface area (Å²) in [5.74, 6) is -1.94. The third-order valence-corrected chi connectivity index (χ3v) is 3.62. The molecule has 2 rings (SSSR count). The predicted octanol–water partition coefficient (Wildman–Crippen LogP) is 3.54. The number of carbonyl (C=O) groups is 1. The Morgan fingerprint density at radius 1 is 1.27 bits per heavy atom. The number of benzene rings is 1. The first-order chi connectivity index (χ1) is 10.6. The highest BCUT2D eigenvalue weighted by atomic mass is 16.6. The second kappa shape index (κ2) is 7.38. The number of hydrogen-bond acceptors (Lipinski definition) is 4. The van der Waals surface area contributed by atoms with Crippen LogP contribution in [0.3, 0.4) is 0 Å². The number of ether oxygens (including phenoxy) is 1. The van der Waals surface area contributed by atoms with E-state index in [2.05, 4.69) is 6.92 Å². The molecule has 0 aromatic heterocycles. The largest absolute Gasteiger partial charge is 0.511 e. The number of carbonyl (C=O) groups excluding carboxylic acids is 1. The maximum Gasteiger partial charge on any atom is 0.196 e. The molecule has 1 aromatic rings. The molecule has 4 heteroatoms. The molecule has 0 radical (unpaired) electrons. The van der Waals surface area contributed by atoms with Crippen molar-refractivity contribution >= 4 is 5.78 Å². The third kappa shape index (κ3) is 4.06. The van der Waals surface area contributed by atoms with Gasteiger partial charge in [-0.15, -0.1) is 0 Å². The van der Waals surface area contributed by atoms with Crippen molar-refractivity contribution in [1.29, 1.82) is 0 Å². The van der Waals surface area contributed by atoms with Crippen molar-refractivity contribution in [1.82, 2.24) is 0 Å². The minimum atomic E-state index is -1.53. The van der Waals surface area contributed by atoms with Gasteiger partial charge < -0.3 is 14.9 Å². The van der Waals surface area contributed by atoms with Crippen LogP contribution in [0.15, 0.2) is 53.8 Å². The van der Waals surface area contributed by atoms with Crippen LogP contribution in [-0.2, 0) is 4.74 Å². The molecule has 1 aromatic carbocycles. The van der Waals surface area contributed by atoms with Crippen LogP contribution in [0.4, 0.5) is 0 Å². The van der Waals surface area contributed by atoms with Gasteiger partial charge in [0.25, 0.3) is 0 Å². The highest BCUT2D eigenvalue weighted by molar-refractivity contribution is 6.11. The van der Waals surface area contributed by atoms with E-state index in [1.54, 1.807) is 24.3 Å². The second-order valence-electron chi connectivity index (χ2n) is 5.47. The van der Waals surface area contributed by atoms with Crippen molar-refractivity contribution in [2.75, 3.05) is 6.61 Å². The molecular formula is C18H22O4. The Morgan fingerprint density at radius 3 is 2.64 bits per heavy atom. The summed E-state index contributed by atoms with van der Waals surface area (Å²) in [6.07, 6.45) is 5.72. The first-order valence-electron chi connectivity index (χ1n) is 7.63. The lowest BCUT2D eigenvalue weighted by Gasteiger charge is -2.28. The normalized spacial score (nSPS) is 21.2. The summed E-state index contributed by atoms with van der Waals surface area (Å²) in [5.41, 5.74) is 0.705. The zero-order chi connectivity index (χ0) is 16.0. The van der Waals surface area contributed by atoms with Gasteiger partial charge in [0, 0.05) is 5.56 Å². The summed E-state index contributed by atoms with van der Waals surface area (Å²) in [6.45, 7) is 2.51. The number of aliphatic hydroxyl groups excluding tert-OH is 1. The van der Waals surface area contributed by atoms with Gasteiger partial charge in [0.2, 0.25) is 0 Å². The monoisotopic (exact) mass is 302 g/mol. The Labute approximate surface area is 130 Å². The van der Waals surface area contributed by atoms with Crippen LogP contribution in [-0.4, -0.2) is 28.4 Å². The van der Waals surface area contributed by atoms with E-state index >= 15 is 0 Å². The highest BCUT2D eigenvalue weighted by Crippen LogP contribution is 2.28. The molecule has 4 nitrogen and oxygen atoms in total. The zero-order valence-electron chi connectivity index (χ0n) is 12.8. The first-order valence-corrected chi connectivity index (χ1v) is 7.63. The lowest BCUT2D eigenvalue weighted by Crippen LogP contribution is -2.33. The van der Waals surface area contributed by atoms with E-state index in [1.807, 2.05) is 6.07 Å². The van der Waals surface area contributed by atoms with Crippen LogP contribution in [0.1, 0.15) is 43.0 Å². The summed E-state index contributed by atoms with van der Waals surface area (Å²) >= 11 is 0. The van der Waals surface area contributed by atoms with Gasteiger partial charge in [-0.25, -0.2) is 0 Å². The van der Waals surface area contributed by atoms with Gasteiger partial charge in [-0.3, -0.25) is 4.79 Å². The molecule has 0 saturated heterocycles. The molecule has 0 saturated carbocycles. The lowest BCUT2D eigenvalue weighted by molar-refractivity contribution is -0.170. The summed E-state index contributed by atoms with van der Waals surface area (Å²) in [5, 5.41) is 20.4. The molecular weight excluding hydrogens is 280 g/mol. The van der Waals surface area contributed by atoms with Gasteiger partial charge >= 0.3 is 0 Å². The van der Waals surface area contributed by atoms with Crippen molar-refractivity contribution in [2.24, 2.45) is 0 Å². The molecule has 1 aliphatic carbocycles. The van der Waals surface area contributed by atoms with Crippen LogP contribution >= 0.6 is 0 Å². The molecule has 1 aliphatic rings. The molecule has 0 aliphatic heterocycles. The van der Waals surface area contributed by atoms with Crippen molar-refractivity contribution < 1.29 is 19.7 Å². The maximum absolute atomic E-state index is 12.3. The Kier molecular flexibility index (Phi) is 5.52. The smallest absolute Gasteiger partial charge is 0.196 e. The predicted molar refractivity (Wildman–Crippen MR) is 84.6 cm³/mol. The number of Topliss-reactive ketones (excluding diaryl/α,β-unsaturated/α-hetero) is 1. The molecule has 0 spiro atoms. The summed E-state index contributed by atoms with van der Waals surface area (Å²) < 4.78 is 5.44. The molecule has 1 unspecified atom stereocenters. The van der Waals surface area contributed by atoms with E-state index in [1.165, 1.54) is 12.2 Å². The fraction of sp³-hybridized carbons (Fsp3) is 0.389. The number of hydrogen-bond donors (Lipinski definition) is 2. The quantitative estimate of drug-likeness (QED) is 0.459. The summed E-state index contributed by atoms with van der Waals surface area (Å²) in [4.78, 5) is 12.3. The minimum Gasteiger partial charge on any atom is -0.511 e. The van der Waals surface area contributed by atoms with Gasteiger partial charge in [0.1, 0.15) is 5.76 Å². The molecule has 0 amide bonds. The second-order valence-corrected chi connectivity index (χ2v) is 5.47. The summed E-state index contributed by atoms with van der Waals surface area (Å²) in [7, 11) is 0. The van der Waals surface area contributed by atoms with E-state index in [9.17, 15) is 15.0 Å². The van der Waals surface area contributed by atoms with Crippen LogP contribution in [0.5, 0.6) is 0 Å². The number of unbranched alkanes of at least 4 members (excludes halogenated alkanes) is 2. The Hall–Kier alpha value is -1.91. The van der Waals surface area contributed by atoms with Crippen LogP contribution in [0.2, 0.25) is 0 Å². The van der Waals surface area contributed by atoms with Crippen LogP contribution in [0, 0.1) is 0 Å². The molecule has 0 bridgehead atoms. The molecule has 1 atom stereocenters. The van der Waals surface area contributed by atoms with Crippen molar-refractivity contribution in [3.63, 3.8) is 0 Å². The topological polar surface area (TPSA) is 66.8 Å². The van der Waals surface area contributed by atoms with E-state index in [0.29, 0.717) is 12.2 Å². The van der Waals surface area contributed by atoms with Gasteiger partial charge in [0.05, 0.1) is 18.6 Å². The number of rotatable bonds is 7. The van der Waals surface area contributed by atoms with Gasteiger partial charge in [-0.2, -0.15) is 0 Å². The lowest BCUT2D eigenvalue weighted by atomic mass is 9.94. The first kappa shape index (κ1) is 16.5. The van der Waals surface area contributed by atoms with E-state index < -0.39 is 5.79 Å². The molecule has 0 heterocycles. The number of ketones is 1. The number of aliphatic hydroxyl groups is 2. The average Bonchev–Trinajstić information content (AvgIpc) is 2.52. The molecule has 2 N–H and O–H groups in total. The minimum absolute atomic E-state index is 0.108. The van der Waals surface area contributed by atoms with Crippen molar-refractivity contribution in [2.45, 2.75) is 38.4 Å². The van der Waals surface area contributed by atoms with Gasteiger partial charge in [-0.1, -0.05) is 50.1 Å². The van der Waals surface area contributed by atoms with Crippen LogP contribution < -0.4 is 0 Å². The molecule has 22 heavy (non-hydrogen) atoms. The zero-order valence-corrected chi connectivity index (χ0v) is 12.8. The van der Waals surface area contributed by atoms with Crippen molar-refractivity contribution in [3.05, 3.63) is 59.4 Å². The van der Waals surface area contributed by atoms with Crippen LogP contribution in [0.25, 0.3) is 0 Å². The fourth-order valence-electron chi connectivity index (χ4n) is 2.36. The van der Waals surface area contributed by atoms with E-state index in [-0.39, 0.29) is 23.5 Å². The SMILES string of the molecule is CCCCCOC1(O)C=CC(C(=O)c2ccccc2)=C(O)C1. The summed E-state index contributed by atoms with van der Waals surface area (Å²) in [6, 6.07) is 8.75. The molecule has 118 valence electrons. The Morgan fingerprint density at radius 2 is 2.00 bits per heavy atom. The fourth-order valence-corrected chi connectivity index (χ4v) is 2.36. The van der Waals surface area contributed by atoms with Gasteiger partial charge in [0.15, 0.2) is 11.6 Å². The third-order valence-electron chi connectivity index (χ3n) is 3.62. The standard InChI is InChI=1S/C18H22O4/c1-2-3-7-12-22-18(21)11-10-15(16(19)13-18)17(20)14-8-5-4-6-9-14/h4-6,8-11,19,21H,2-3,7,12-13H2,1H3. The highest BCUT2D eigenvalue weighted by Gasteiger charge is 2.32. The van der Waals surface area contributed by atoms with Gasteiger partial charge in [-0.05, 0) is 18.6 Å². The maximum atomic E-state index is 12.3. The molecule has 0 fully saturated rings. The average molecular weight is 302 g/mol. The van der Waals surface area contributed by atoms with E-state index in [0.717, 1.165) is 19.3 Å². The van der Waals surface area contributed by atoms with E-state index in [4.69, 9.17) is 4.74 Å². The Balaban J connectivity index is 2.04.